The Morgan fingerprint density at radius 1 is 1.30 bits per heavy atom. The molecule has 5 rings (SSSR count). The molecule has 1 fully saturated rings. The van der Waals surface area contributed by atoms with Crippen molar-refractivity contribution in [2.45, 2.75) is 25.5 Å². The minimum absolute atomic E-state index is 0.0684. The first-order chi connectivity index (χ1) is 14.6. The molecule has 4 N–H and O–H groups in total. The molecule has 1 aliphatic rings. The van der Waals surface area contributed by atoms with E-state index < -0.39 is 5.69 Å². The summed E-state index contributed by atoms with van der Waals surface area (Å²) in [6.07, 6.45) is 5.05. The van der Waals surface area contributed by atoms with Crippen LogP contribution in [0.2, 0.25) is 0 Å². The first-order valence-corrected chi connectivity index (χ1v) is 9.29. The molecule has 0 atom stereocenters. The molecule has 0 spiro atoms. The van der Waals surface area contributed by atoms with Crippen LogP contribution >= 0.6 is 0 Å². The largest absolute Gasteiger partial charge is 0.493 e. The van der Waals surface area contributed by atoms with Crippen molar-refractivity contribution in [1.82, 2.24) is 29.5 Å². The van der Waals surface area contributed by atoms with Crippen LogP contribution in [0.1, 0.15) is 24.1 Å². The highest BCUT2D eigenvalue weighted by Gasteiger charge is 2.21. The van der Waals surface area contributed by atoms with E-state index in [1.165, 1.54) is 10.7 Å². The molecule has 0 bridgehead atoms. The summed E-state index contributed by atoms with van der Waals surface area (Å²) in [5.41, 5.74) is 1.12. The smallest absolute Gasteiger partial charge is 0.327 e. The van der Waals surface area contributed by atoms with Gasteiger partial charge in [-0.1, -0.05) is 12.1 Å². The average molecular weight is 407 g/mol. The number of imidazole rings is 1. The molecule has 3 heterocycles. The maximum Gasteiger partial charge on any atom is 0.327 e. The number of nitrogens with zero attached hydrogens (tertiary/aromatic N) is 5. The Labute approximate surface area is 168 Å². The summed E-state index contributed by atoms with van der Waals surface area (Å²) in [5, 5.41) is 24.0. The first-order valence-electron chi connectivity index (χ1n) is 9.29. The van der Waals surface area contributed by atoms with Gasteiger partial charge in [-0.05, 0) is 36.6 Å². The summed E-state index contributed by atoms with van der Waals surface area (Å²) in [4.78, 5) is 29.6. The second-order valence-electron chi connectivity index (χ2n) is 6.90. The number of aromatic hydroxyl groups is 1. The van der Waals surface area contributed by atoms with E-state index in [9.17, 15) is 15.0 Å². The molecule has 1 saturated carbocycles. The van der Waals surface area contributed by atoms with Gasteiger partial charge in [-0.3, -0.25) is 4.98 Å². The van der Waals surface area contributed by atoms with E-state index in [2.05, 4.69) is 30.0 Å². The van der Waals surface area contributed by atoms with Crippen molar-refractivity contribution in [1.29, 1.82) is 0 Å². The molecular formula is C19H17N7O4. The third-order valence-corrected chi connectivity index (χ3v) is 4.53. The van der Waals surface area contributed by atoms with Crippen molar-refractivity contribution in [3.63, 3.8) is 0 Å². The lowest BCUT2D eigenvalue weighted by Crippen LogP contribution is -2.23. The van der Waals surface area contributed by atoms with Gasteiger partial charge in [-0.25, -0.2) is 9.79 Å². The van der Waals surface area contributed by atoms with Gasteiger partial charge in [0.25, 0.3) is 5.62 Å². The Morgan fingerprint density at radius 3 is 2.90 bits per heavy atom. The van der Waals surface area contributed by atoms with Crippen LogP contribution in [-0.4, -0.2) is 45.8 Å². The third-order valence-electron chi connectivity index (χ3n) is 4.53. The van der Waals surface area contributed by atoms with Crippen LogP contribution in [0.4, 0.5) is 0 Å². The minimum Gasteiger partial charge on any atom is -0.493 e. The molecule has 0 aliphatic heterocycles. The van der Waals surface area contributed by atoms with E-state index >= 15 is 0 Å². The summed E-state index contributed by atoms with van der Waals surface area (Å²) in [6.45, 7) is -0.112. The zero-order valence-corrected chi connectivity index (χ0v) is 15.6. The number of nitrogens with one attached hydrogen (secondary N) is 2. The highest BCUT2D eigenvalue weighted by molar-refractivity contribution is 5.56. The monoisotopic (exact) mass is 407 g/mol. The highest BCUT2D eigenvalue weighted by atomic mass is 16.5. The number of aromatic amines is 2. The molecule has 1 aliphatic carbocycles. The standard InChI is InChI=1S/C19H17N7O4/c27-9-10-2-1-3-13(6-10)30-19-23-15-11(7-14-16(28)24-18(29)22-14)8-20-26(15)17(25-19)21-12-4-5-12/h1-3,6-8,12,27-28H,4-5,9H2,(H2,22,24,29)/b11-7-,21-17?. The van der Waals surface area contributed by atoms with Crippen LogP contribution in [0.5, 0.6) is 17.6 Å². The zero-order valence-electron chi connectivity index (χ0n) is 15.6. The Hall–Kier alpha value is -3.99. The lowest BCUT2D eigenvalue weighted by molar-refractivity contribution is 0.281. The summed E-state index contributed by atoms with van der Waals surface area (Å²) in [6, 6.07) is 7.22. The lowest BCUT2D eigenvalue weighted by Gasteiger charge is -2.05. The van der Waals surface area contributed by atoms with E-state index in [4.69, 9.17) is 4.74 Å². The number of fused-ring (bicyclic) bond motifs is 1. The van der Waals surface area contributed by atoms with E-state index in [1.54, 1.807) is 30.3 Å². The lowest BCUT2D eigenvalue weighted by atomic mass is 10.2. The summed E-state index contributed by atoms with van der Waals surface area (Å²) >= 11 is 0. The van der Waals surface area contributed by atoms with E-state index in [0.717, 1.165) is 12.8 Å². The topological polar surface area (TPSA) is 154 Å². The van der Waals surface area contributed by atoms with Crippen molar-refractivity contribution in [2.75, 3.05) is 0 Å². The van der Waals surface area contributed by atoms with Crippen LogP contribution in [0.15, 0.2) is 40.2 Å². The summed E-state index contributed by atoms with van der Waals surface area (Å²) < 4.78 is 7.30. The van der Waals surface area contributed by atoms with Gasteiger partial charge >= 0.3 is 11.7 Å². The number of hydrogen-bond donors (Lipinski definition) is 4. The van der Waals surface area contributed by atoms with Crippen LogP contribution in [0.3, 0.4) is 0 Å². The Balaban J connectivity index is 1.66. The Morgan fingerprint density at radius 2 is 2.17 bits per heavy atom. The molecule has 0 saturated heterocycles. The fourth-order valence-electron chi connectivity index (χ4n) is 2.92. The van der Waals surface area contributed by atoms with Gasteiger partial charge in [0.15, 0.2) is 5.65 Å². The highest BCUT2D eigenvalue weighted by Crippen LogP contribution is 2.23. The predicted octanol–water partition coefficient (Wildman–Crippen LogP) is -0.258. The van der Waals surface area contributed by atoms with Crippen molar-refractivity contribution < 1.29 is 14.9 Å². The third kappa shape index (κ3) is 3.53. The number of rotatable bonds is 5. The second-order valence-corrected chi connectivity index (χ2v) is 6.90. The van der Waals surface area contributed by atoms with Gasteiger partial charge in [0, 0.05) is 5.22 Å². The van der Waals surface area contributed by atoms with E-state index in [0.29, 0.717) is 27.8 Å². The number of aromatic nitrogens is 6. The molecule has 0 radical (unpaired) electrons. The molecule has 4 aromatic rings. The van der Waals surface area contributed by atoms with Crippen molar-refractivity contribution in [2.24, 2.45) is 4.99 Å². The molecule has 152 valence electrons. The maximum atomic E-state index is 11.4. The summed E-state index contributed by atoms with van der Waals surface area (Å²) in [7, 11) is 0. The number of ether oxygens (including phenoxy) is 1. The number of aliphatic hydroxyl groups is 1. The number of aliphatic hydroxyl groups excluding tert-OH is 1. The molecular weight excluding hydrogens is 390 g/mol. The van der Waals surface area contributed by atoms with Gasteiger partial charge in [0.2, 0.25) is 5.88 Å². The Bertz CT molecular complexity index is 1410. The van der Waals surface area contributed by atoms with Crippen LogP contribution in [-0.2, 0) is 6.61 Å². The second kappa shape index (κ2) is 7.12. The van der Waals surface area contributed by atoms with Gasteiger partial charge in [-0.15, -0.1) is 0 Å². The molecule has 1 aromatic carbocycles. The minimum atomic E-state index is -0.526. The molecule has 11 nitrogen and oxygen atoms in total. The first kappa shape index (κ1) is 18.1. The van der Waals surface area contributed by atoms with Crippen LogP contribution < -0.4 is 21.3 Å². The molecule has 3 aromatic heterocycles. The van der Waals surface area contributed by atoms with Crippen LogP contribution in [0, 0.1) is 0 Å². The van der Waals surface area contributed by atoms with Crippen molar-refractivity contribution in [3.8, 4) is 17.6 Å². The van der Waals surface area contributed by atoms with Crippen LogP contribution in [0.25, 0.3) is 11.7 Å². The Kier molecular flexibility index (Phi) is 4.29. The summed E-state index contributed by atoms with van der Waals surface area (Å²) in [5.74, 6) is 0.189. The molecule has 0 unspecified atom stereocenters. The fourth-order valence-corrected chi connectivity index (χ4v) is 2.92. The quantitative estimate of drug-likeness (QED) is 0.355. The zero-order chi connectivity index (χ0) is 20.7. The SMILES string of the molecule is O=c1[nH]c(O)c(/C=c2/cnn3c(=NC4CC4)nc(Oc4cccc(CO)c4)nc23)[nH]1. The van der Waals surface area contributed by atoms with Gasteiger partial charge < -0.3 is 19.9 Å². The number of hydrogen-bond acceptors (Lipinski definition) is 8. The van der Waals surface area contributed by atoms with Gasteiger partial charge in [0.1, 0.15) is 11.4 Å². The fraction of sp³-hybridized carbons (Fsp3) is 0.211. The van der Waals surface area contributed by atoms with Gasteiger partial charge in [0.05, 0.1) is 18.8 Å². The van der Waals surface area contributed by atoms with Crippen molar-refractivity contribution >= 4 is 11.7 Å². The van der Waals surface area contributed by atoms with Gasteiger partial charge in [-0.2, -0.15) is 19.6 Å². The van der Waals surface area contributed by atoms with E-state index in [-0.39, 0.29) is 30.2 Å². The molecule has 30 heavy (non-hydrogen) atoms. The van der Waals surface area contributed by atoms with Crippen molar-refractivity contribution in [3.05, 3.63) is 63.0 Å². The maximum absolute atomic E-state index is 11.4. The normalized spacial score (nSPS) is 15.2. The number of H-pyrrole nitrogens is 2. The molecule has 11 heteroatoms. The van der Waals surface area contributed by atoms with E-state index in [1.807, 2.05) is 0 Å². The number of benzene rings is 1. The average Bonchev–Trinajstić information content (AvgIpc) is 3.37. The predicted molar refractivity (Wildman–Crippen MR) is 104 cm³/mol. The molecule has 0 amide bonds.